The van der Waals surface area contributed by atoms with Crippen LogP contribution in [-0.4, -0.2) is 34.5 Å². The molecule has 2 rings (SSSR count). The van der Waals surface area contributed by atoms with E-state index in [1.165, 1.54) is 12.8 Å². The lowest BCUT2D eigenvalue weighted by atomic mass is 9.78. The number of rotatable bonds is 3. The molecule has 0 aromatic rings. The molecule has 4 unspecified atom stereocenters. The summed E-state index contributed by atoms with van der Waals surface area (Å²) in [6.45, 7) is 2.87. The maximum atomic E-state index is 10.5. The third-order valence-corrected chi connectivity index (χ3v) is 4.49. The van der Waals surface area contributed by atoms with Crippen molar-refractivity contribution in [3.63, 3.8) is 0 Å². The summed E-state index contributed by atoms with van der Waals surface area (Å²) in [5, 5.41) is 23.8. The highest BCUT2D eigenvalue weighted by Gasteiger charge is 2.34. The first kappa shape index (κ1) is 13.3. The molecule has 2 aliphatic carbocycles. The maximum absolute atomic E-state index is 10.5. The van der Waals surface area contributed by atoms with Gasteiger partial charge in [-0.2, -0.15) is 0 Å². The van der Waals surface area contributed by atoms with Gasteiger partial charge in [-0.1, -0.05) is 32.6 Å². The van der Waals surface area contributed by atoms with Crippen molar-refractivity contribution in [1.29, 1.82) is 0 Å². The van der Waals surface area contributed by atoms with E-state index in [9.17, 15) is 10.2 Å². The summed E-state index contributed by atoms with van der Waals surface area (Å²) in [5.74, 6) is 0.631. The van der Waals surface area contributed by atoms with Crippen molar-refractivity contribution < 1.29 is 10.2 Å². The lowest BCUT2D eigenvalue weighted by Crippen LogP contribution is -2.51. The van der Waals surface area contributed by atoms with Crippen LogP contribution in [0, 0.1) is 5.92 Å². The molecule has 0 aromatic heterocycles. The van der Waals surface area contributed by atoms with Crippen molar-refractivity contribution in [1.82, 2.24) is 5.32 Å². The monoisotopic (exact) mass is 241 g/mol. The zero-order valence-electron chi connectivity index (χ0n) is 11.0. The topological polar surface area (TPSA) is 52.5 Å². The van der Waals surface area contributed by atoms with Gasteiger partial charge in [-0.15, -0.1) is 0 Å². The van der Waals surface area contributed by atoms with Crippen LogP contribution in [0.4, 0.5) is 0 Å². The van der Waals surface area contributed by atoms with Crippen molar-refractivity contribution in [2.75, 3.05) is 6.54 Å². The minimum absolute atomic E-state index is 0.199. The molecule has 0 radical (unpaired) electrons. The van der Waals surface area contributed by atoms with Crippen LogP contribution in [-0.2, 0) is 0 Å². The van der Waals surface area contributed by atoms with Crippen molar-refractivity contribution in [3.8, 4) is 0 Å². The van der Waals surface area contributed by atoms with Crippen LogP contribution in [0.25, 0.3) is 0 Å². The van der Waals surface area contributed by atoms with Gasteiger partial charge in [-0.3, -0.25) is 0 Å². The molecule has 3 heteroatoms. The Labute approximate surface area is 105 Å². The number of aliphatic hydroxyl groups is 2. The molecule has 4 atom stereocenters. The first-order valence-electron chi connectivity index (χ1n) is 7.23. The van der Waals surface area contributed by atoms with Crippen molar-refractivity contribution >= 4 is 0 Å². The van der Waals surface area contributed by atoms with E-state index < -0.39 is 5.60 Å². The first-order valence-corrected chi connectivity index (χ1v) is 7.23. The third kappa shape index (κ3) is 3.67. The van der Waals surface area contributed by atoms with E-state index in [0.717, 1.165) is 38.5 Å². The number of hydrogen-bond acceptors (Lipinski definition) is 3. The molecular formula is C14H27NO2. The molecule has 0 aliphatic heterocycles. The van der Waals surface area contributed by atoms with Gasteiger partial charge in [0, 0.05) is 12.6 Å². The molecule has 0 amide bonds. The second kappa shape index (κ2) is 5.68. The molecule has 2 saturated carbocycles. The zero-order valence-corrected chi connectivity index (χ0v) is 11.0. The van der Waals surface area contributed by atoms with Gasteiger partial charge in [0.1, 0.15) is 0 Å². The molecule has 3 nitrogen and oxygen atoms in total. The van der Waals surface area contributed by atoms with Crippen LogP contribution in [0.2, 0.25) is 0 Å². The van der Waals surface area contributed by atoms with E-state index in [-0.39, 0.29) is 12.1 Å². The van der Waals surface area contributed by atoms with Crippen molar-refractivity contribution in [2.45, 2.75) is 76.0 Å². The Kier molecular flexibility index (Phi) is 4.45. The highest BCUT2D eigenvalue weighted by atomic mass is 16.3. The minimum atomic E-state index is -0.533. The Morgan fingerprint density at radius 1 is 1.18 bits per heavy atom. The van der Waals surface area contributed by atoms with E-state index in [4.69, 9.17) is 0 Å². The summed E-state index contributed by atoms with van der Waals surface area (Å²) in [4.78, 5) is 0. The summed E-state index contributed by atoms with van der Waals surface area (Å²) in [6, 6.07) is 0.199. The van der Waals surface area contributed by atoms with E-state index in [2.05, 4.69) is 12.2 Å². The Balaban J connectivity index is 1.79. The largest absolute Gasteiger partial charge is 0.392 e. The maximum Gasteiger partial charge on any atom is 0.0774 e. The number of aliphatic hydroxyl groups excluding tert-OH is 1. The number of nitrogens with one attached hydrogen (secondary N) is 1. The summed E-state index contributed by atoms with van der Waals surface area (Å²) in [5.41, 5.74) is -0.533. The predicted molar refractivity (Wildman–Crippen MR) is 68.8 cm³/mol. The van der Waals surface area contributed by atoms with E-state index in [1.54, 1.807) is 0 Å². The molecule has 0 aromatic carbocycles. The van der Waals surface area contributed by atoms with Crippen LogP contribution in [0.3, 0.4) is 0 Å². The van der Waals surface area contributed by atoms with Gasteiger partial charge in [0.2, 0.25) is 0 Å². The van der Waals surface area contributed by atoms with Gasteiger partial charge in [0.25, 0.3) is 0 Å². The fourth-order valence-electron chi connectivity index (χ4n) is 3.46. The van der Waals surface area contributed by atoms with Crippen LogP contribution >= 0.6 is 0 Å². The molecule has 0 saturated heterocycles. The molecule has 0 heterocycles. The Bertz CT molecular complexity index is 246. The van der Waals surface area contributed by atoms with E-state index in [1.807, 2.05) is 0 Å². The first-order chi connectivity index (χ1) is 8.09. The van der Waals surface area contributed by atoms with Crippen LogP contribution in [0.5, 0.6) is 0 Å². The SMILES string of the molecule is CC1CCCC(O)(CNC2CCCCC2O)C1. The van der Waals surface area contributed by atoms with Crippen LogP contribution in [0.1, 0.15) is 58.3 Å². The quantitative estimate of drug-likeness (QED) is 0.706. The number of hydrogen-bond donors (Lipinski definition) is 3. The van der Waals surface area contributed by atoms with E-state index >= 15 is 0 Å². The Morgan fingerprint density at radius 3 is 2.65 bits per heavy atom. The third-order valence-electron chi connectivity index (χ3n) is 4.49. The fourth-order valence-corrected chi connectivity index (χ4v) is 3.46. The minimum Gasteiger partial charge on any atom is -0.392 e. The molecule has 2 aliphatic rings. The molecule has 0 bridgehead atoms. The van der Waals surface area contributed by atoms with Crippen molar-refractivity contribution in [3.05, 3.63) is 0 Å². The molecule has 2 fully saturated rings. The van der Waals surface area contributed by atoms with Gasteiger partial charge >= 0.3 is 0 Å². The predicted octanol–water partition coefficient (Wildman–Crippen LogP) is 1.82. The molecular weight excluding hydrogens is 214 g/mol. The lowest BCUT2D eigenvalue weighted by molar-refractivity contribution is -0.0202. The second-order valence-corrected chi connectivity index (χ2v) is 6.27. The zero-order chi connectivity index (χ0) is 12.3. The van der Waals surface area contributed by atoms with Gasteiger partial charge < -0.3 is 15.5 Å². The Morgan fingerprint density at radius 2 is 1.94 bits per heavy atom. The van der Waals surface area contributed by atoms with Gasteiger partial charge in [-0.25, -0.2) is 0 Å². The van der Waals surface area contributed by atoms with Gasteiger partial charge in [-0.05, 0) is 31.6 Å². The van der Waals surface area contributed by atoms with Gasteiger partial charge in [0.05, 0.1) is 11.7 Å². The molecule has 0 spiro atoms. The highest BCUT2D eigenvalue weighted by Crippen LogP contribution is 2.32. The smallest absolute Gasteiger partial charge is 0.0774 e. The molecule has 3 N–H and O–H groups in total. The lowest BCUT2D eigenvalue weighted by Gasteiger charge is -2.38. The summed E-state index contributed by atoms with van der Waals surface area (Å²) < 4.78 is 0. The average molecular weight is 241 g/mol. The van der Waals surface area contributed by atoms with Gasteiger partial charge in [0.15, 0.2) is 0 Å². The van der Waals surface area contributed by atoms with Crippen LogP contribution < -0.4 is 5.32 Å². The highest BCUT2D eigenvalue weighted by molar-refractivity contribution is 4.90. The average Bonchev–Trinajstić information content (AvgIpc) is 2.28. The molecule has 17 heavy (non-hydrogen) atoms. The summed E-state index contributed by atoms with van der Waals surface area (Å²) in [7, 11) is 0. The normalized spacial score (nSPS) is 43.6. The van der Waals surface area contributed by atoms with Crippen LogP contribution in [0.15, 0.2) is 0 Å². The summed E-state index contributed by atoms with van der Waals surface area (Å²) in [6.07, 6.45) is 8.27. The fraction of sp³-hybridized carbons (Fsp3) is 1.00. The van der Waals surface area contributed by atoms with Crippen molar-refractivity contribution in [2.24, 2.45) is 5.92 Å². The van der Waals surface area contributed by atoms with E-state index in [0.29, 0.717) is 12.5 Å². The summed E-state index contributed by atoms with van der Waals surface area (Å²) >= 11 is 0. The second-order valence-electron chi connectivity index (χ2n) is 6.27. The molecule has 100 valence electrons. The Hall–Kier alpha value is -0.120. The standard InChI is InChI=1S/C14H27NO2/c1-11-5-4-8-14(17,9-11)10-15-12-6-2-3-7-13(12)16/h11-13,15-17H,2-10H2,1H3.